The number of hydrogen-bond donors (Lipinski definition) is 0. The van der Waals surface area contributed by atoms with Crippen LogP contribution < -0.4 is 4.74 Å². The number of ether oxygens (including phenoxy) is 1. The molecule has 0 aliphatic rings. The van der Waals surface area contributed by atoms with Crippen LogP contribution in [-0.2, 0) is 5.88 Å². The lowest BCUT2D eigenvalue weighted by molar-refractivity contribution is 0.434. The van der Waals surface area contributed by atoms with Gasteiger partial charge in [-0.2, -0.15) is 0 Å². The van der Waals surface area contributed by atoms with Gasteiger partial charge in [-0.25, -0.2) is 8.78 Å². The largest absolute Gasteiger partial charge is 0.452 e. The summed E-state index contributed by atoms with van der Waals surface area (Å²) in [5.41, 5.74) is 0.604. The SMILES string of the molecule is Fc1ccc(F)c(Oc2c(Cl)cccc2CCl)c1. The maximum absolute atomic E-state index is 13.5. The third kappa shape index (κ3) is 2.74. The number of alkyl halides is 1. The maximum Gasteiger partial charge on any atom is 0.166 e. The van der Waals surface area contributed by atoms with Crippen molar-refractivity contribution in [3.05, 3.63) is 58.6 Å². The van der Waals surface area contributed by atoms with Gasteiger partial charge in [0.2, 0.25) is 0 Å². The standard InChI is InChI=1S/C13H8Cl2F2O/c14-7-8-2-1-3-10(15)13(8)18-12-6-9(16)4-5-11(12)17/h1-6H,7H2. The Morgan fingerprint density at radius 1 is 1.11 bits per heavy atom. The molecule has 0 saturated carbocycles. The van der Waals surface area contributed by atoms with Gasteiger partial charge < -0.3 is 4.74 Å². The topological polar surface area (TPSA) is 9.23 Å². The van der Waals surface area contributed by atoms with E-state index in [1.807, 2.05) is 0 Å². The lowest BCUT2D eigenvalue weighted by Gasteiger charge is -2.11. The quantitative estimate of drug-likeness (QED) is 0.710. The number of rotatable bonds is 3. The lowest BCUT2D eigenvalue weighted by Crippen LogP contribution is -1.94. The van der Waals surface area contributed by atoms with Crippen molar-refractivity contribution in [3.63, 3.8) is 0 Å². The lowest BCUT2D eigenvalue weighted by atomic mass is 10.2. The molecular weight excluding hydrogens is 281 g/mol. The second-order valence-electron chi connectivity index (χ2n) is 3.54. The average Bonchev–Trinajstić information content (AvgIpc) is 2.36. The van der Waals surface area contributed by atoms with Crippen LogP contribution in [0.3, 0.4) is 0 Å². The van der Waals surface area contributed by atoms with Crippen LogP contribution in [0.25, 0.3) is 0 Å². The Morgan fingerprint density at radius 2 is 1.89 bits per heavy atom. The average molecular weight is 289 g/mol. The molecule has 0 unspecified atom stereocenters. The Morgan fingerprint density at radius 3 is 2.61 bits per heavy atom. The van der Waals surface area contributed by atoms with E-state index in [9.17, 15) is 8.78 Å². The molecule has 0 fully saturated rings. The van der Waals surface area contributed by atoms with Crippen molar-refractivity contribution < 1.29 is 13.5 Å². The number of benzene rings is 2. The summed E-state index contributed by atoms with van der Waals surface area (Å²) in [6.07, 6.45) is 0. The van der Waals surface area contributed by atoms with E-state index >= 15 is 0 Å². The third-order valence-electron chi connectivity index (χ3n) is 2.30. The molecule has 0 bridgehead atoms. The molecule has 0 aliphatic heterocycles. The number of hydrogen-bond acceptors (Lipinski definition) is 1. The first-order valence-electron chi connectivity index (χ1n) is 5.08. The van der Waals surface area contributed by atoms with E-state index in [1.165, 1.54) is 0 Å². The van der Waals surface area contributed by atoms with E-state index in [4.69, 9.17) is 27.9 Å². The minimum absolute atomic E-state index is 0.160. The van der Waals surface area contributed by atoms with Crippen molar-refractivity contribution in [1.82, 2.24) is 0 Å². The van der Waals surface area contributed by atoms with Gasteiger partial charge in [0.25, 0.3) is 0 Å². The summed E-state index contributed by atoms with van der Waals surface area (Å²) in [5, 5.41) is 0.289. The predicted molar refractivity (Wildman–Crippen MR) is 67.4 cm³/mol. The zero-order chi connectivity index (χ0) is 13.1. The molecule has 5 heteroatoms. The molecule has 0 heterocycles. The van der Waals surface area contributed by atoms with E-state index in [0.29, 0.717) is 5.56 Å². The summed E-state index contributed by atoms with van der Waals surface area (Å²) >= 11 is 11.7. The van der Waals surface area contributed by atoms with Crippen molar-refractivity contribution in [2.45, 2.75) is 5.88 Å². The molecule has 0 atom stereocenters. The smallest absolute Gasteiger partial charge is 0.166 e. The Balaban J connectivity index is 2.42. The molecular formula is C13H8Cl2F2O. The highest BCUT2D eigenvalue weighted by molar-refractivity contribution is 6.32. The fourth-order valence-corrected chi connectivity index (χ4v) is 1.88. The van der Waals surface area contributed by atoms with Crippen molar-refractivity contribution in [2.75, 3.05) is 0 Å². The van der Waals surface area contributed by atoms with Gasteiger partial charge in [-0.05, 0) is 18.2 Å². The normalized spacial score (nSPS) is 10.4. The summed E-state index contributed by atoms with van der Waals surface area (Å²) in [6.45, 7) is 0. The highest BCUT2D eigenvalue weighted by atomic mass is 35.5. The van der Waals surface area contributed by atoms with Crippen LogP contribution >= 0.6 is 23.2 Å². The van der Waals surface area contributed by atoms with E-state index in [-0.39, 0.29) is 22.4 Å². The molecule has 0 radical (unpaired) electrons. The molecule has 94 valence electrons. The summed E-state index contributed by atoms with van der Waals surface area (Å²) < 4.78 is 31.8. The summed E-state index contributed by atoms with van der Waals surface area (Å²) in [4.78, 5) is 0. The number of halogens is 4. The van der Waals surface area contributed by atoms with Gasteiger partial charge in [0.15, 0.2) is 17.3 Å². The molecule has 2 aromatic carbocycles. The summed E-state index contributed by atoms with van der Waals surface area (Å²) in [5.74, 6) is -1.09. The fraction of sp³-hybridized carbons (Fsp3) is 0.0769. The van der Waals surface area contributed by atoms with Gasteiger partial charge in [0.1, 0.15) is 5.82 Å². The van der Waals surface area contributed by atoms with E-state index < -0.39 is 11.6 Å². The minimum Gasteiger partial charge on any atom is -0.452 e. The molecule has 0 saturated heterocycles. The second-order valence-corrected chi connectivity index (χ2v) is 4.21. The Bertz CT molecular complexity index is 573. The first-order chi connectivity index (χ1) is 8.61. The van der Waals surface area contributed by atoms with Crippen LogP contribution in [0, 0.1) is 11.6 Å². The van der Waals surface area contributed by atoms with Crippen LogP contribution in [0.1, 0.15) is 5.56 Å². The van der Waals surface area contributed by atoms with Crippen molar-refractivity contribution >= 4 is 23.2 Å². The van der Waals surface area contributed by atoms with Gasteiger partial charge in [-0.3, -0.25) is 0 Å². The second kappa shape index (κ2) is 5.55. The first-order valence-corrected chi connectivity index (χ1v) is 5.99. The first kappa shape index (κ1) is 13.1. The van der Waals surface area contributed by atoms with Gasteiger partial charge in [0.05, 0.1) is 10.9 Å². The molecule has 0 amide bonds. The van der Waals surface area contributed by atoms with Gasteiger partial charge in [0, 0.05) is 11.6 Å². The molecule has 0 N–H and O–H groups in total. The molecule has 2 aromatic rings. The predicted octanol–water partition coefficient (Wildman–Crippen LogP) is 5.15. The highest BCUT2D eigenvalue weighted by Gasteiger charge is 2.12. The van der Waals surface area contributed by atoms with Gasteiger partial charge in [-0.1, -0.05) is 23.7 Å². The van der Waals surface area contributed by atoms with Gasteiger partial charge in [-0.15, -0.1) is 11.6 Å². The summed E-state index contributed by atoms with van der Waals surface area (Å²) in [7, 11) is 0. The minimum atomic E-state index is -0.670. The fourth-order valence-electron chi connectivity index (χ4n) is 1.44. The zero-order valence-electron chi connectivity index (χ0n) is 9.09. The third-order valence-corrected chi connectivity index (χ3v) is 2.88. The van der Waals surface area contributed by atoms with Crippen LogP contribution in [0.4, 0.5) is 8.78 Å². The molecule has 18 heavy (non-hydrogen) atoms. The van der Waals surface area contributed by atoms with Crippen LogP contribution in [0.2, 0.25) is 5.02 Å². The van der Waals surface area contributed by atoms with Crippen molar-refractivity contribution in [3.8, 4) is 11.5 Å². The van der Waals surface area contributed by atoms with Crippen molar-refractivity contribution in [1.29, 1.82) is 0 Å². The Kier molecular flexibility index (Phi) is 4.04. The summed E-state index contributed by atoms with van der Waals surface area (Å²) in [6, 6.07) is 7.94. The zero-order valence-corrected chi connectivity index (χ0v) is 10.6. The van der Waals surface area contributed by atoms with Crippen molar-refractivity contribution in [2.24, 2.45) is 0 Å². The van der Waals surface area contributed by atoms with E-state index in [2.05, 4.69) is 0 Å². The van der Waals surface area contributed by atoms with E-state index in [1.54, 1.807) is 18.2 Å². The van der Waals surface area contributed by atoms with Crippen LogP contribution in [0.5, 0.6) is 11.5 Å². The molecule has 2 rings (SSSR count). The van der Waals surface area contributed by atoms with E-state index in [0.717, 1.165) is 18.2 Å². The Labute approximate surface area is 113 Å². The van der Waals surface area contributed by atoms with Crippen LogP contribution in [-0.4, -0.2) is 0 Å². The molecule has 0 aromatic heterocycles. The molecule has 1 nitrogen and oxygen atoms in total. The number of para-hydroxylation sites is 1. The Hall–Kier alpha value is -1.32. The molecule has 0 spiro atoms. The van der Waals surface area contributed by atoms with Crippen LogP contribution in [0.15, 0.2) is 36.4 Å². The van der Waals surface area contributed by atoms with Gasteiger partial charge >= 0.3 is 0 Å². The highest BCUT2D eigenvalue weighted by Crippen LogP contribution is 2.35. The maximum atomic E-state index is 13.5. The monoisotopic (exact) mass is 288 g/mol. The molecule has 0 aliphatic carbocycles.